The van der Waals surface area contributed by atoms with Crippen molar-refractivity contribution in [2.24, 2.45) is 21.5 Å². The molecule has 0 saturated carbocycles. The van der Waals surface area contributed by atoms with Crippen molar-refractivity contribution in [3.05, 3.63) is 29.8 Å². The Balaban J connectivity index is 2.48. The number of nitrogens with zero attached hydrogens (tertiary/aromatic N) is 3. The van der Waals surface area contributed by atoms with Crippen LogP contribution in [-0.2, 0) is 0 Å². The van der Waals surface area contributed by atoms with Crippen LogP contribution in [0.2, 0.25) is 0 Å². The number of aryl methyl sites for hydroxylation is 1. The Kier molecular flexibility index (Phi) is 2.98. The molecule has 5 heteroatoms. The number of nitrogens with two attached hydrogens (primary N) is 2. The van der Waals surface area contributed by atoms with E-state index in [1.807, 2.05) is 43.0 Å². The van der Waals surface area contributed by atoms with Crippen LogP contribution in [-0.4, -0.2) is 17.6 Å². The fraction of sp³-hybridized carbons (Fsp3) is 0.385. The first kappa shape index (κ1) is 12.4. The maximum absolute atomic E-state index is 6.01. The molecule has 0 bridgehead atoms. The molecule has 0 radical (unpaired) electrons. The number of benzene rings is 1. The molecule has 5 nitrogen and oxygen atoms in total. The van der Waals surface area contributed by atoms with Gasteiger partial charge in [-0.05, 0) is 32.4 Å². The summed E-state index contributed by atoms with van der Waals surface area (Å²) >= 11 is 0. The predicted molar refractivity (Wildman–Crippen MR) is 75.6 cm³/mol. The van der Waals surface area contributed by atoms with E-state index >= 15 is 0 Å². The number of aliphatic imine (C=N–C) groups is 2. The fourth-order valence-electron chi connectivity index (χ4n) is 2.08. The van der Waals surface area contributed by atoms with E-state index in [1.165, 1.54) is 5.56 Å². The topological polar surface area (TPSA) is 80.0 Å². The van der Waals surface area contributed by atoms with Crippen LogP contribution in [0.3, 0.4) is 0 Å². The van der Waals surface area contributed by atoms with E-state index in [0.29, 0.717) is 5.96 Å². The molecule has 0 amide bonds. The summed E-state index contributed by atoms with van der Waals surface area (Å²) in [4.78, 5) is 10.4. The Morgan fingerprint density at radius 3 is 2.39 bits per heavy atom. The highest BCUT2D eigenvalue weighted by Gasteiger charge is 2.35. The third kappa shape index (κ3) is 2.03. The van der Waals surface area contributed by atoms with Gasteiger partial charge in [0.1, 0.15) is 5.66 Å². The van der Waals surface area contributed by atoms with E-state index in [0.717, 1.165) is 12.1 Å². The maximum atomic E-state index is 6.01. The number of rotatable bonds is 2. The lowest BCUT2D eigenvalue weighted by atomic mass is 10.1. The number of anilines is 1. The molecule has 0 aliphatic carbocycles. The molecule has 4 N–H and O–H groups in total. The standard InChI is InChI=1S/C13H19N5/c1-4-13(3)17-11(14)16-12(15)18(13)10-7-5-9(2)6-8-10/h5-8H,4H2,1-3H3,(H4,14,15,16,17). The molecule has 18 heavy (non-hydrogen) atoms. The Hall–Kier alpha value is -2.04. The van der Waals surface area contributed by atoms with Crippen molar-refractivity contribution in [2.45, 2.75) is 32.9 Å². The van der Waals surface area contributed by atoms with Crippen molar-refractivity contribution in [3.63, 3.8) is 0 Å². The minimum atomic E-state index is -0.481. The van der Waals surface area contributed by atoms with Crippen molar-refractivity contribution < 1.29 is 0 Å². The lowest BCUT2D eigenvalue weighted by Crippen LogP contribution is -2.55. The minimum Gasteiger partial charge on any atom is -0.369 e. The van der Waals surface area contributed by atoms with Gasteiger partial charge >= 0.3 is 0 Å². The van der Waals surface area contributed by atoms with Crippen LogP contribution in [0.5, 0.6) is 0 Å². The van der Waals surface area contributed by atoms with Gasteiger partial charge in [0, 0.05) is 5.69 Å². The summed E-state index contributed by atoms with van der Waals surface area (Å²) in [5.74, 6) is 0.621. The van der Waals surface area contributed by atoms with E-state index in [4.69, 9.17) is 11.5 Å². The first-order valence-electron chi connectivity index (χ1n) is 6.02. The molecule has 1 aromatic carbocycles. The van der Waals surface area contributed by atoms with Crippen LogP contribution >= 0.6 is 0 Å². The normalized spacial score (nSPS) is 23.6. The number of guanidine groups is 2. The van der Waals surface area contributed by atoms with Crippen molar-refractivity contribution >= 4 is 17.6 Å². The Morgan fingerprint density at radius 2 is 1.83 bits per heavy atom. The average Bonchev–Trinajstić information content (AvgIpc) is 2.30. The van der Waals surface area contributed by atoms with Gasteiger partial charge in [0.2, 0.25) is 11.9 Å². The first-order chi connectivity index (χ1) is 8.46. The molecule has 1 heterocycles. The zero-order valence-electron chi connectivity index (χ0n) is 11.0. The zero-order valence-corrected chi connectivity index (χ0v) is 11.0. The van der Waals surface area contributed by atoms with Gasteiger partial charge < -0.3 is 11.5 Å². The Morgan fingerprint density at radius 1 is 1.22 bits per heavy atom. The van der Waals surface area contributed by atoms with Crippen LogP contribution in [0.4, 0.5) is 5.69 Å². The highest BCUT2D eigenvalue weighted by molar-refractivity contribution is 6.05. The summed E-state index contributed by atoms with van der Waals surface area (Å²) in [6.07, 6.45) is 0.789. The number of hydrogen-bond donors (Lipinski definition) is 2. The molecule has 1 atom stereocenters. The summed E-state index contributed by atoms with van der Waals surface area (Å²) < 4.78 is 0. The largest absolute Gasteiger partial charge is 0.369 e. The van der Waals surface area contributed by atoms with Crippen molar-refractivity contribution in [1.82, 2.24) is 0 Å². The SMILES string of the molecule is CCC1(C)N=C(N)N=C(N)N1c1ccc(C)cc1. The van der Waals surface area contributed by atoms with Crippen LogP contribution in [0, 0.1) is 6.92 Å². The van der Waals surface area contributed by atoms with Crippen molar-refractivity contribution in [2.75, 3.05) is 4.90 Å². The second-order valence-corrected chi connectivity index (χ2v) is 4.68. The van der Waals surface area contributed by atoms with Crippen molar-refractivity contribution in [3.8, 4) is 0 Å². The van der Waals surface area contributed by atoms with Crippen molar-refractivity contribution in [1.29, 1.82) is 0 Å². The molecule has 1 aliphatic heterocycles. The molecule has 0 fully saturated rings. The highest BCUT2D eigenvalue weighted by Crippen LogP contribution is 2.30. The molecule has 1 aliphatic rings. The van der Waals surface area contributed by atoms with Gasteiger partial charge in [-0.1, -0.05) is 24.6 Å². The summed E-state index contributed by atoms with van der Waals surface area (Å²) in [6.45, 7) is 6.10. The predicted octanol–water partition coefficient (Wildman–Crippen LogP) is 1.57. The third-order valence-electron chi connectivity index (χ3n) is 3.26. The van der Waals surface area contributed by atoms with Gasteiger partial charge in [-0.2, -0.15) is 4.99 Å². The lowest BCUT2D eigenvalue weighted by molar-refractivity contribution is 0.466. The monoisotopic (exact) mass is 245 g/mol. The summed E-state index contributed by atoms with van der Waals surface area (Å²) in [5.41, 5.74) is 13.4. The molecule has 0 spiro atoms. The van der Waals surface area contributed by atoms with E-state index in [-0.39, 0.29) is 5.96 Å². The molecule has 0 aromatic heterocycles. The van der Waals surface area contributed by atoms with Gasteiger partial charge in [0.05, 0.1) is 0 Å². The molecule has 1 unspecified atom stereocenters. The molecular weight excluding hydrogens is 226 g/mol. The van der Waals surface area contributed by atoms with Gasteiger partial charge in [-0.3, -0.25) is 4.90 Å². The molecular formula is C13H19N5. The fourth-order valence-corrected chi connectivity index (χ4v) is 2.08. The first-order valence-corrected chi connectivity index (χ1v) is 6.02. The van der Waals surface area contributed by atoms with Crippen LogP contribution < -0.4 is 16.4 Å². The maximum Gasteiger partial charge on any atom is 0.220 e. The molecule has 0 saturated heterocycles. The minimum absolute atomic E-state index is 0.236. The average molecular weight is 245 g/mol. The van der Waals surface area contributed by atoms with Gasteiger partial charge in [0.15, 0.2) is 0 Å². The van der Waals surface area contributed by atoms with Crippen LogP contribution in [0.1, 0.15) is 25.8 Å². The highest BCUT2D eigenvalue weighted by atomic mass is 15.4. The quantitative estimate of drug-likeness (QED) is 0.830. The van der Waals surface area contributed by atoms with Gasteiger partial charge in [0.25, 0.3) is 0 Å². The zero-order chi connectivity index (χ0) is 13.3. The van der Waals surface area contributed by atoms with E-state index in [1.54, 1.807) is 0 Å². The molecule has 1 aromatic rings. The van der Waals surface area contributed by atoms with Gasteiger partial charge in [-0.25, -0.2) is 4.99 Å². The van der Waals surface area contributed by atoms with E-state index in [2.05, 4.69) is 16.9 Å². The molecule has 96 valence electrons. The van der Waals surface area contributed by atoms with E-state index in [9.17, 15) is 0 Å². The molecule has 2 rings (SSSR count). The summed E-state index contributed by atoms with van der Waals surface area (Å²) in [6, 6.07) is 8.12. The summed E-state index contributed by atoms with van der Waals surface area (Å²) in [7, 11) is 0. The van der Waals surface area contributed by atoms with Crippen LogP contribution in [0.25, 0.3) is 0 Å². The second-order valence-electron chi connectivity index (χ2n) is 4.68. The second kappa shape index (κ2) is 4.33. The van der Waals surface area contributed by atoms with Gasteiger partial charge in [-0.15, -0.1) is 0 Å². The Labute approximate surface area is 107 Å². The lowest BCUT2D eigenvalue weighted by Gasteiger charge is -2.40. The van der Waals surface area contributed by atoms with E-state index < -0.39 is 5.66 Å². The van der Waals surface area contributed by atoms with Crippen LogP contribution in [0.15, 0.2) is 34.3 Å². The summed E-state index contributed by atoms with van der Waals surface area (Å²) in [5, 5.41) is 0. The smallest absolute Gasteiger partial charge is 0.220 e. The third-order valence-corrected chi connectivity index (χ3v) is 3.26. The Bertz CT molecular complexity index is 503. The number of hydrogen-bond acceptors (Lipinski definition) is 5.